The van der Waals surface area contributed by atoms with Gasteiger partial charge >= 0.3 is 11.9 Å². The van der Waals surface area contributed by atoms with E-state index in [0.29, 0.717) is 58.5 Å². The lowest BCUT2D eigenvalue weighted by atomic mass is 9.59. The second-order valence-electron chi connectivity index (χ2n) is 8.41. The molecule has 168 valence electrons. The van der Waals surface area contributed by atoms with Crippen molar-refractivity contribution in [2.24, 2.45) is 23.7 Å². The van der Waals surface area contributed by atoms with Gasteiger partial charge in [-0.1, -0.05) is 6.08 Å². The molecule has 4 unspecified atom stereocenters. The number of ether oxygens (including phenoxy) is 4. The van der Waals surface area contributed by atoms with Crippen LogP contribution < -0.4 is 0 Å². The highest BCUT2D eigenvalue weighted by Gasteiger charge is 2.55. The fourth-order valence-electron chi connectivity index (χ4n) is 5.37. The number of esters is 2. The normalized spacial score (nSPS) is 30.4. The number of carbonyl (C=O) groups is 3. The van der Waals surface area contributed by atoms with Crippen molar-refractivity contribution >= 4 is 17.7 Å². The molecule has 0 bridgehead atoms. The van der Waals surface area contributed by atoms with Gasteiger partial charge in [0.25, 0.3) is 0 Å². The third-order valence-corrected chi connectivity index (χ3v) is 6.60. The highest BCUT2D eigenvalue weighted by atomic mass is 16.7. The van der Waals surface area contributed by atoms with Gasteiger partial charge in [0.2, 0.25) is 0 Å². The molecule has 3 aliphatic rings. The molecule has 2 aliphatic carbocycles. The smallest absolute Gasteiger partial charge is 0.330 e. The minimum atomic E-state index is -0.642. The molecule has 30 heavy (non-hydrogen) atoms. The van der Waals surface area contributed by atoms with Crippen molar-refractivity contribution in [1.82, 2.24) is 0 Å². The van der Waals surface area contributed by atoms with Gasteiger partial charge in [-0.05, 0) is 51.4 Å². The molecule has 0 aromatic rings. The Kier molecular flexibility index (Phi) is 8.06. The van der Waals surface area contributed by atoms with Gasteiger partial charge in [0.05, 0.1) is 32.3 Å². The van der Waals surface area contributed by atoms with E-state index < -0.39 is 5.79 Å². The topological polar surface area (TPSA) is 88.1 Å². The fraction of sp³-hybridized carbons (Fsp3) is 0.783. The van der Waals surface area contributed by atoms with Crippen molar-refractivity contribution in [1.29, 1.82) is 0 Å². The van der Waals surface area contributed by atoms with Crippen molar-refractivity contribution in [3.05, 3.63) is 12.2 Å². The Morgan fingerprint density at radius 1 is 1.17 bits per heavy atom. The zero-order valence-electron chi connectivity index (χ0n) is 18.1. The fourth-order valence-corrected chi connectivity index (χ4v) is 5.37. The van der Waals surface area contributed by atoms with Crippen LogP contribution in [0.4, 0.5) is 0 Å². The maximum absolute atomic E-state index is 12.9. The number of hydrogen-bond donors (Lipinski definition) is 0. The third kappa shape index (κ3) is 5.30. The van der Waals surface area contributed by atoms with E-state index in [1.54, 1.807) is 13.0 Å². The first kappa shape index (κ1) is 22.9. The van der Waals surface area contributed by atoms with E-state index in [4.69, 9.17) is 18.9 Å². The SMILES string of the molecule is CCOC(=O)/C=C/CCCC1CC(=O)C2CCC3(CC2C1C(=O)OCC)OCCO3. The zero-order valence-corrected chi connectivity index (χ0v) is 18.1. The van der Waals surface area contributed by atoms with Crippen LogP contribution in [0.1, 0.15) is 58.8 Å². The Morgan fingerprint density at radius 3 is 2.60 bits per heavy atom. The van der Waals surface area contributed by atoms with Gasteiger partial charge < -0.3 is 18.9 Å². The van der Waals surface area contributed by atoms with Crippen LogP contribution in [-0.4, -0.2) is 49.9 Å². The van der Waals surface area contributed by atoms with Gasteiger partial charge in [-0.25, -0.2) is 4.79 Å². The number of carbonyl (C=O) groups excluding carboxylic acids is 3. The molecule has 3 fully saturated rings. The molecule has 7 nitrogen and oxygen atoms in total. The average molecular weight is 423 g/mol. The molecule has 7 heteroatoms. The van der Waals surface area contributed by atoms with E-state index in [1.807, 2.05) is 6.92 Å². The minimum absolute atomic E-state index is 0.0506. The van der Waals surface area contributed by atoms with Crippen molar-refractivity contribution in [2.45, 2.75) is 64.6 Å². The molecule has 0 N–H and O–H groups in total. The number of Topliss-reactive ketones (excluding diaryl/α,β-unsaturated/α-hetero) is 1. The molecule has 0 amide bonds. The van der Waals surface area contributed by atoms with Crippen molar-refractivity contribution in [3.8, 4) is 0 Å². The van der Waals surface area contributed by atoms with Crippen LogP contribution in [0.5, 0.6) is 0 Å². The van der Waals surface area contributed by atoms with Crippen LogP contribution in [-0.2, 0) is 33.3 Å². The molecule has 0 aromatic heterocycles. The average Bonchev–Trinajstić information content (AvgIpc) is 3.15. The van der Waals surface area contributed by atoms with Gasteiger partial charge in [0, 0.05) is 31.3 Å². The molecule has 2 saturated carbocycles. The van der Waals surface area contributed by atoms with Crippen LogP contribution in [0.25, 0.3) is 0 Å². The van der Waals surface area contributed by atoms with E-state index in [9.17, 15) is 14.4 Å². The predicted octanol–water partition coefficient (Wildman–Crippen LogP) is 3.20. The van der Waals surface area contributed by atoms with E-state index in [-0.39, 0.29) is 41.4 Å². The molecule has 1 aliphatic heterocycles. The summed E-state index contributed by atoms with van der Waals surface area (Å²) in [5.74, 6) is -1.52. The lowest BCUT2D eigenvalue weighted by Crippen LogP contribution is -2.52. The van der Waals surface area contributed by atoms with Crippen LogP contribution in [0.15, 0.2) is 12.2 Å². The maximum atomic E-state index is 12.9. The first-order valence-corrected chi connectivity index (χ1v) is 11.3. The first-order valence-electron chi connectivity index (χ1n) is 11.3. The summed E-state index contributed by atoms with van der Waals surface area (Å²) in [4.78, 5) is 37.2. The molecule has 3 rings (SSSR count). The molecule has 0 aromatic carbocycles. The van der Waals surface area contributed by atoms with Crippen LogP contribution in [0.3, 0.4) is 0 Å². The molecular weight excluding hydrogens is 388 g/mol. The summed E-state index contributed by atoms with van der Waals surface area (Å²) in [6, 6.07) is 0. The molecule has 4 atom stereocenters. The second kappa shape index (κ2) is 10.5. The van der Waals surface area contributed by atoms with Crippen LogP contribution in [0.2, 0.25) is 0 Å². The Morgan fingerprint density at radius 2 is 1.90 bits per heavy atom. The quantitative estimate of drug-likeness (QED) is 0.337. The number of ketones is 1. The van der Waals surface area contributed by atoms with E-state index in [1.165, 1.54) is 6.08 Å². The number of hydrogen-bond acceptors (Lipinski definition) is 7. The van der Waals surface area contributed by atoms with E-state index >= 15 is 0 Å². The third-order valence-electron chi connectivity index (χ3n) is 6.60. The standard InChI is InChI=1S/C23H34O7/c1-3-27-20(25)9-7-5-6-8-16-14-19(24)17-10-11-23(29-12-13-30-23)15-18(17)21(16)22(26)28-4-2/h7,9,16-18,21H,3-6,8,10-15H2,1-2H3/b9-7+. The summed E-state index contributed by atoms with van der Waals surface area (Å²) in [6.07, 6.45) is 7.86. The highest BCUT2D eigenvalue weighted by Crippen LogP contribution is 2.51. The highest BCUT2D eigenvalue weighted by molar-refractivity contribution is 5.86. The zero-order chi connectivity index (χ0) is 21.6. The summed E-state index contributed by atoms with van der Waals surface area (Å²) in [7, 11) is 0. The number of unbranched alkanes of at least 4 members (excludes halogenated alkanes) is 1. The van der Waals surface area contributed by atoms with Gasteiger partial charge in [0.15, 0.2) is 5.79 Å². The molecule has 1 saturated heterocycles. The summed E-state index contributed by atoms with van der Waals surface area (Å²) in [5.41, 5.74) is 0. The Balaban J connectivity index is 1.67. The molecule has 1 heterocycles. The van der Waals surface area contributed by atoms with Gasteiger partial charge in [-0.2, -0.15) is 0 Å². The van der Waals surface area contributed by atoms with Crippen molar-refractivity contribution in [2.75, 3.05) is 26.4 Å². The monoisotopic (exact) mass is 422 g/mol. The maximum Gasteiger partial charge on any atom is 0.330 e. The molecular formula is C23H34O7. The van der Waals surface area contributed by atoms with Gasteiger partial charge in [-0.15, -0.1) is 0 Å². The minimum Gasteiger partial charge on any atom is -0.466 e. The summed E-state index contributed by atoms with van der Waals surface area (Å²) < 4.78 is 22.1. The van der Waals surface area contributed by atoms with Gasteiger partial charge in [-0.3, -0.25) is 9.59 Å². The van der Waals surface area contributed by atoms with Gasteiger partial charge in [0.1, 0.15) is 5.78 Å². The van der Waals surface area contributed by atoms with Crippen LogP contribution in [0, 0.1) is 23.7 Å². The molecule has 1 spiro atoms. The number of allylic oxidation sites excluding steroid dienone is 1. The second-order valence-corrected chi connectivity index (χ2v) is 8.41. The van der Waals surface area contributed by atoms with Crippen molar-refractivity contribution < 1.29 is 33.3 Å². The number of fused-ring (bicyclic) bond motifs is 1. The van der Waals surface area contributed by atoms with Crippen LogP contribution >= 0.6 is 0 Å². The van der Waals surface area contributed by atoms with E-state index in [2.05, 4.69) is 0 Å². The number of rotatable bonds is 8. The van der Waals surface area contributed by atoms with E-state index in [0.717, 1.165) is 12.8 Å². The molecule has 0 radical (unpaired) electrons. The Bertz CT molecular complexity index is 650. The lowest BCUT2D eigenvalue weighted by Gasteiger charge is -2.48. The lowest BCUT2D eigenvalue weighted by molar-refractivity contribution is -0.208. The largest absolute Gasteiger partial charge is 0.466 e. The summed E-state index contributed by atoms with van der Waals surface area (Å²) in [5, 5.41) is 0. The first-order chi connectivity index (χ1) is 14.5. The predicted molar refractivity (Wildman–Crippen MR) is 108 cm³/mol. The summed E-state index contributed by atoms with van der Waals surface area (Å²) >= 11 is 0. The Hall–Kier alpha value is -1.73. The Labute approximate surface area is 178 Å². The summed E-state index contributed by atoms with van der Waals surface area (Å²) in [6.45, 7) is 5.38. The van der Waals surface area contributed by atoms with Crippen molar-refractivity contribution in [3.63, 3.8) is 0 Å².